The molecule has 1 heterocycles. The second-order valence-corrected chi connectivity index (χ2v) is 8.39. The normalized spacial score (nSPS) is 15.7. The first-order valence-corrected chi connectivity index (χ1v) is 10.1. The number of aryl methyl sites for hydroxylation is 3. The van der Waals surface area contributed by atoms with Gasteiger partial charge >= 0.3 is 0 Å². The van der Waals surface area contributed by atoms with Crippen LogP contribution in [0, 0.1) is 26.7 Å². The van der Waals surface area contributed by atoms with Crippen molar-refractivity contribution in [1.82, 2.24) is 4.90 Å². The standard InChI is InChI=1S/C22H26Cl2N2O/c1-14-10-15(2)21(16(3)11-14)25-22(27)17-6-8-26(9-7-17)13-18-4-5-19(23)12-20(18)24/h4-5,10-12,17H,6-9,13H2,1-3H3,(H,25,27). The van der Waals surface area contributed by atoms with Gasteiger partial charge in [0.25, 0.3) is 0 Å². The number of amides is 1. The van der Waals surface area contributed by atoms with Crippen LogP contribution in [-0.4, -0.2) is 23.9 Å². The average molecular weight is 405 g/mol. The summed E-state index contributed by atoms with van der Waals surface area (Å²) < 4.78 is 0. The molecule has 0 spiro atoms. The fourth-order valence-electron chi connectivity index (χ4n) is 3.85. The van der Waals surface area contributed by atoms with Gasteiger partial charge in [0.15, 0.2) is 0 Å². The van der Waals surface area contributed by atoms with Crippen molar-refractivity contribution in [3.8, 4) is 0 Å². The topological polar surface area (TPSA) is 32.3 Å². The van der Waals surface area contributed by atoms with Crippen molar-refractivity contribution in [2.45, 2.75) is 40.2 Å². The second-order valence-electron chi connectivity index (χ2n) is 7.55. The predicted octanol–water partition coefficient (Wildman–Crippen LogP) is 5.77. The van der Waals surface area contributed by atoms with Gasteiger partial charge in [-0.25, -0.2) is 0 Å². The van der Waals surface area contributed by atoms with Crippen LogP contribution in [-0.2, 0) is 11.3 Å². The Kier molecular flexibility index (Phi) is 6.46. The van der Waals surface area contributed by atoms with E-state index in [9.17, 15) is 4.79 Å². The summed E-state index contributed by atoms with van der Waals surface area (Å²) in [5.74, 6) is 0.191. The van der Waals surface area contributed by atoms with Gasteiger partial charge in [0.2, 0.25) is 5.91 Å². The molecule has 1 fully saturated rings. The van der Waals surface area contributed by atoms with Crippen LogP contribution in [0.2, 0.25) is 10.0 Å². The molecule has 0 aliphatic carbocycles. The Bertz CT molecular complexity index is 819. The lowest BCUT2D eigenvalue weighted by molar-refractivity contribution is -0.121. The average Bonchev–Trinajstić information content (AvgIpc) is 2.61. The van der Waals surface area contributed by atoms with Gasteiger partial charge in [0, 0.05) is 28.2 Å². The highest BCUT2D eigenvalue weighted by Gasteiger charge is 2.26. The maximum atomic E-state index is 12.7. The lowest BCUT2D eigenvalue weighted by atomic mass is 9.95. The highest BCUT2D eigenvalue weighted by Crippen LogP contribution is 2.27. The highest BCUT2D eigenvalue weighted by atomic mass is 35.5. The molecule has 0 atom stereocenters. The minimum atomic E-state index is 0.0574. The van der Waals surface area contributed by atoms with Gasteiger partial charge in [-0.2, -0.15) is 0 Å². The summed E-state index contributed by atoms with van der Waals surface area (Å²) in [5, 5.41) is 4.52. The van der Waals surface area contributed by atoms with E-state index in [0.717, 1.165) is 54.9 Å². The Labute approximate surface area is 171 Å². The Morgan fingerprint density at radius 2 is 1.70 bits per heavy atom. The zero-order valence-corrected chi connectivity index (χ0v) is 17.6. The van der Waals surface area contributed by atoms with Gasteiger partial charge in [0.05, 0.1) is 0 Å². The third-order valence-corrected chi connectivity index (χ3v) is 5.88. The number of halogens is 2. The molecule has 3 nitrogen and oxygen atoms in total. The number of carbonyl (C=O) groups is 1. The SMILES string of the molecule is Cc1cc(C)c(NC(=O)C2CCN(Cc3ccc(Cl)cc3Cl)CC2)c(C)c1. The number of nitrogens with one attached hydrogen (secondary N) is 1. The van der Waals surface area contributed by atoms with Crippen molar-refractivity contribution in [3.05, 3.63) is 62.6 Å². The molecule has 0 aromatic heterocycles. The van der Waals surface area contributed by atoms with Crippen LogP contribution >= 0.6 is 23.2 Å². The molecule has 5 heteroatoms. The summed E-state index contributed by atoms with van der Waals surface area (Å²) in [6.45, 7) is 8.75. The maximum Gasteiger partial charge on any atom is 0.227 e. The molecule has 0 bridgehead atoms. The van der Waals surface area contributed by atoms with Gasteiger partial charge in [-0.1, -0.05) is 47.0 Å². The van der Waals surface area contributed by atoms with Crippen LogP contribution in [0.5, 0.6) is 0 Å². The summed E-state index contributed by atoms with van der Waals surface area (Å²) in [6, 6.07) is 9.86. The van der Waals surface area contributed by atoms with Crippen molar-refractivity contribution in [3.63, 3.8) is 0 Å². The number of rotatable bonds is 4. The molecule has 0 unspecified atom stereocenters. The molecule has 1 amide bonds. The Morgan fingerprint density at radius 1 is 1.07 bits per heavy atom. The minimum Gasteiger partial charge on any atom is -0.325 e. The summed E-state index contributed by atoms with van der Waals surface area (Å²) in [4.78, 5) is 15.1. The fraction of sp³-hybridized carbons (Fsp3) is 0.409. The Hall–Kier alpha value is -1.55. The van der Waals surface area contributed by atoms with Gasteiger partial charge in [-0.05, 0) is 75.5 Å². The number of piperidine rings is 1. The number of carbonyl (C=O) groups excluding carboxylic acids is 1. The van der Waals surface area contributed by atoms with Gasteiger partial charge in [-0.3, -0.25) is 9.69 Å². The van der Waals surface area contributed by atoms with Crippen LogP contribution in [0.4, 0.5) is 5.69 Å². The van der Waals surface area contributed by atoms with Gasteiger partial charge in [0.1, 0.15) is 0 Å². The largest absolute Gasteiger partial charge is 0.325 e. The monoisotopic (exact) mass is 404 g/mol. The first-order chi connectivity index (χ1) is 12.8. The number of benzene rings is 2. The van der Waals surface area contributed by atoms with Crippen LogP contribution < -0.4 is 5.32 Å². The number of likely N-dealkylation sites (tertiary alicyclic amines) is 1. The smallest absolute Gasteiger partial charge is 0.227 e. The molecule has 0 radical (unpaired) electrons. The van der Waals surface area contributed by atoms with E-state index in [4.69, 9.17) is 23.2 Å². The summed E-state index contributed by atoms with van der Waals surface area (Å²) >= 11 is 12.3. The zero-order chi connectivity index (χ0) is 19.6. The number of hydrogen-bond donors (Lipinski definition) is 1. The summed E-state index contributed by atoms with van der Waals surface area (Å²) in [7, 11) is 0. The van der Waals surface area contributed by atoms with E-state index in [1.807, 2.05) is 26.0 Å². The third kappa shape index (κ3) is 5.04. The molecule has 0 saturated carbocycles. The van der Waals surface area contributed by atoms with Crippen molar-refractivity contribution in [1.29, 1.82) is 0 Å². The van der Waals surface area contributed by atoms with Crippen LogP contribution in [0.25, 0.3) is 0 Å². The lowest BCUT2D eigenvalue weighted by Crippen LogP contribution is -2.38. The van der Waals surface area contributed by atoms with Gasteiger partial charge in [-0.15, -0.1) is 0 Å². The molecule has 1 aliphatic heterocycles. The van der Waals surface area contributed by atoms with E-state index in [0.29, 0.717) is 10.0 Å². The van der Waals surface area contributed by atoms with Crippen molar-refractivity contribution >= 4 is 34.8 Å². The molecule has 1 aliphatic rings. The van der Waals surface area contributed by atoms with Crippen molar-refractivity contribution in [2.75, 3.05) is 18.4 Å². The van der Waals surface area contributed by atoms with E-state index in [1.54, 1.807) is 6.07 Å². The van der Waals surface area contributed by atoms with E-state index in [-0.39, 0.29) is 11.8 Å². The van der Waals surface area contributed by atoms with E-state index in [2.05, 4.69) is 29.3 Å². The fourth-order valence-corrected chi connectivity index (χ4v) is 4.31. The molecule has 1 N–H and O–H groups in total. The quantitative estimate of drug-likeness (QED) is 0.701. The Morgan fingerprint density at radius 3 is 2.30 bits per heavy atom. The first-order valence-electron chi connectivity index (χ1n) is 9.38. The minimum absolute atomic E-state index is 0.0574. The van der Waals surface area contributed by atoms with E-state index in [1.165, 1.54) is 5.56 Å². The maximum absolute atomic E-state index is 12.7. The molecule has 27 heavy (non-hydrogen) atoms. The molecule has 144 valence electrons. The lowest BCUT2D eigenvalue weighted by Gasteiger charge is -2.31. The molecule has 2 aromatic carbocycles. The third-order valence-electron chi connectivity index (χ3n) is 5.29. The first kappa shape index (κ1) is 20.2. The van der Waals surface area contributed by atoms with Crippen LogP contribution in [0.3, 0.4) is 0 Å². The molecular weight excluding hydrogens is 379 g/mol. The summed E-state index contributed by atoms with van der Waals surface area (Å²) in [5.41, 5.74) is 5.50. The van der Waals surface area contributed by atoms with E-state index >= 15 is 0 Å². The number of nitrogens with zero attached hydrogens (tertiary/aromatic N) is 1. The number of anilines is 1. The predicted molar refractivity (Wildman–Crippen MR) is 114 cm³/mol. The number of hydrogen-bond acceptors (Lipinski definition) is 2. The Balaban J connectivity index is 1.56. The van der Waals surface area contributed by atoms with Crippen molar-refractivity contribution in [2.24, 2.45) is 5.92 Å². The van der Waals surface area contributed by atoms with Crippen LogP contribution in [0.1, 0.15) is 35.1 Å². The molecule has 3 rings (SSSR count). The molecule has 2 aromatic rings. The molecule has 1 saturated heterocycles. The summed E-state index contributed by atoms with van der Waals surface area (Å²) in [6.07, 6.45) is 1.72. The zero-order valence-electron chi connectivity index (χ0n) is 16.1. The molecular formula is C22H26Cl2N2O. The highest BCUT2D eigenvalue weighted by molar-refractivity contribution is 6.35. The second kappa shape index (κ2) is 8.64. The van der Waals surface area contributed by atoms with Crippen molar-refractivity contribution < 1.29 is 4.79 Å². The van der Waals surface area contributed by atoms with E-state index < -0.39 is 0 Å². The van der Waals surface area contributed by atoms with Crippen LogP contribution in [0.15, 0.2) is 30.3 Å². The van der Waals surface area contributed by atoms with Gasteiger partial charge < -0.3 is 5.32 Å².